The van der Waals surface area contributed by atoms with Crippen molar-refractivity contribution in [2.75, 3.05) is 37.6 Å². The Kier molecular flexibility index (Phi) is 4.58. The molecule has 2 saturated heterocycles. The minimum absolute atomic E-state index is 0.357. The van der Waals surface area contributed by atoms with Gasteiger partial charge in [-0.3, -0.25) is 0 Å². The Bertz CT molecular complexity index is 958. The summed E-state index contributed by atoms with van der Waals surface area (Å²) in [5, 5.41) is 6.77. The largest absolute Gasteiger partial charge is 0.369 e. The topological polar surface area (TPSA) is 48.3 Å². The molecule has 0 bridgehead atoms. The minimum atomic E-state index is 0.357. The number of aromatic nitrogens is 2. The van der Waals surface area contributed by atoms with Gasteiger partial charge < -0.3 is 19.3 Å². The van der Waals surface area contributed by atoms with E-state index in [0.29, 0.717) is 5.92 Å². The maximum atomic E-state index is 5.72. The summed E-state index contributed by atoms with van der Waals surface area (Å²) in [6, 6.07) is 4.36. The fourth-order valence-corrected chi connectivity index (χ4v) is 5.14. The molecule has 0 spiro atoms. The van der Waals surface area contributed by atoms with Crippen LogP contribution in [0, 0.1) is 11.8 Å². The number of benzene rings is 1. The number of H-pyrrole nitrogens is 1. The zero-order valence-electron chi connectivity index (χ0n) is 17.4. The first-order valence-electron chi connectivity index (χ1n) is 11.0. The number of piperidine rings is 1. The van der Waals surface area contributed by atoms with E-state index in [2.05, 4.69) is 52.8 Å². The van der Waals surface area contributed by atoms with Crippen LogP contribution in [0.25, 0.3) is 21.9 Å². The lowest BCUT2D eigenvalue weighted by molar-refractivity contribution is 0.148. The second kappa shape index (κ2) is 7.11. The molecule has 1 aromatic carbocycles. The lowest BCUT2D eigenvalue weighted by atomic mass is 9.92. The maximum Gasteiger partial charge on any atom is 0.169 e. The molecule has 2 aromatic heterocycles. The van der Waals surface area contributed by atoms with Crippen LogP contribution in [0.1, 0.15) is 51.6 Å². The average molecular weight is 381 g/mol. The van der Waals surface area contributed by atoms with Crippen LogP contribution in [0.4, 0.5) is 5.69 Å². The predicted octanol–water partition coefficient (Wildman–Crippen LogP) is 4.99. The zero-order chi connectivity index (χ0) is 19.3. The van der Waals surface area contributed by atoms with E-state index in [1.807, 2.05) is 6.20 Å². The first-order chi connectivity index (χ1) is 13.6. The Balaban J connectivity index is 1.32. The van der Waals surface area contributed by atoms with E-state index in [-0.39, 0.29) is 0 Å². The fourth-order valence-electron chi connectivity index (χ4n) is 5.14. The van der Waals surface area contributed by atoms with Crippen molar-refractivity contribution in [1.82, 2.24) is 15.0 Å². The van der Waals surface area contributed by atoms with Gasteiger partial charge in [0.25, 0.3) is 0 Å². The fraction of sp³-hybridized carbons (Fsp3) is 0.609. The van der Waals surface area contributed by atoms with E-state index in [1.54, 1.807) is 0 Å². The lowest BCUT2D eigenvalue weighted by Gasteiger charge is -2.44. The van der Waals surface area contributed by atoms with Crippen molar-refractivity contribution in [2.24, 2.45) is 11.8 Å². The van der Waals surface area contributed by atoms with Crippen molar-refractivity contribution in [2.45, 2.75) is 46.0 Å². The number of nitrogens with zero attached hydrogens (tertiary/aromatic N) is 3. The van der Waals surface area contributed by atoms with Crippen LogP contribution >= 0.6 is 0 Å². The van der Waals surface area contributed by atoms with Gasteiger partial charge in [0.15, 0.2) is 5.58 Å². The maximum absolute atomic E-state index is 5.72. The third kappa shape index (κ3) is 3.00. The Morgan fingerprint density at radius 1 is 1.21 bits per heavy atom. The Labute approximate surface area is 167 Å². The molecular formula is C23H32N4O. The highest BCUT2D eigenvalue weighted by Crippen LogP contribution is 2.39. The molecule has 3 aromatic rings. The number of rotatable bonds is 5. The summed E-state index contributed by atoms with van der Waals surface area (Å²) in [5.41, 5.74) is 4.46. The second-order valence-corrected chi connectivity index (χ2v) is 9.18. The molecule has 0 saturated carbocycles. The van der Waals surface area contributed by atoms with Crippen LogP contribution in [-0.4, -0.2) is 47.8 Å². The highest BCUT2D eigenvalue weighted by molar-refractivity contribution is 6.11. The van der Waals surface area contributed by atoms with Crippen molar-refractivity contribution in [3.63, 3.8) is 0 Å². The molecule has 4 heterocycles. The van der Waals surface area contributed by atoms with Crippen LogP contribution in [0.15, 0.2) is 22.9 Å². The van der Waals surface area contributed by atoms with E-state index >= 15 is 0 Å². The Morgan fingerprint density at radius 2 is 2.00 bits per heavy atom. The predicted molar refractivity (Wildman–Crippen MR) is 115 cm³/mol. The summed E-state index contributed by atoms with van der Waals surface area (Å²) < 4.78 is 5.72. The third-order valence-corrected chi connectivity index (χ3v) is 6.93. The summed E-state index contributed by atoms with van der Waals surface area (Å²) in [5.74, 6) is 2.09. The molecule has 2 aliphatic rings. The van der Waals surface area contributed by atoms with Crippen molar-refractivity contribution in [3.05, 3.63) is 24.0 Å². The van der Waals surface area contributed by atoms with Crippen molar-refractivity contribution in [3.8, 4) is 0 Å². The zero-order valence-corrected chi connectivity index (χ0v) is 17.4. The average Bonchev–Trinajstić information content (AvgIpc) is 3.30. The van der Waals surface area contributed by atoms with Crippen LogP contribution < -0.4 is 4.90 Å². The molecule has 5 nitrogen and oxygen atoms in total. The minimum Gasteiger partial charge on any atom is -0.369 e. The Hall–Kier alpha value is -2.01. The van der Waals surface area contributed by atoms with E-state index in [1.165, 1.54) is 60.9 Å². The van der Waals surface area contributed by atoms with Crippen LogP contribution in [0.3, 0.4) is 0 Å². The molecule has 0 aliphatic carbocycles. The first kappa shape index (κ1) is 18.0. The van der Waals surface area contributed by atoms with Gasteiger partial charge in [-0.1, -0.05) is 32.3 Å². The van der Waals surface area contributed by atoms with Crippen molar-refractivity contribution in [1.29, 1.82) is 0 Å². The number of fused-ring (bicyclic) bond motifs is 3. The smallest absolute Gasteiger partial charge is 0.169 e. The van der Waals surface area contributed by atoms with Gasteiger partial charge in [-0.25, -0.2) is 0 Å². The number of nitrogens with one attached hydrogen (secondary N) is 1. The summed E-state index contributed by atoms with van der Waals surface area (Å²) in [6.07, 6.45) is 6.16. The molecule has 0 atom stereocenters. The van der Waals surface area contributed by atoms with Gasteiger partial charge in [0.2, 0.25) is 0 Å². The summed E-state index contributed by atoms with van der Waals surface area (Å²) >= 11 is 0. The second-order valence-electron chi connectivity index (χ2n) is 9.18. The number of anilines is 1. The molecule has 1 N–H and O–H groups in total. The summed E-state index contributed by atoms with van der Waals surface area (Å²) in [6.45, 7) is 12.8. The van der Waals surface area contributed by atoms with Crippen LogP contribution in [0.5, 0.6) is 0 Å². The van der Waals surface area contributed by atoms with Gasteiger partial charge in [0.05, 0.1) is 22.3 Å². The highest BCUT2D eigenvalue weighted by Gasteiger charge is 2.32. The van der Waals surface area contributed by atoms with E-state index < -0.39 is 0 Å². The molecular weight excluding hydrogens is 348 g/mol. The van der Waals surface area contributed by atoms with Gasteiger partial charge in [-0.2, -0.15) is 0 Å². The van der Waals surface area contributed by atoms with Gasteiger partial charge >= 0.3 is 0 Å². The number of hydrogen-bond acceptors (Lipinski definition) is 4. The number of likely N-dealkylation sites (tertiary alicyclic amines) is 1. The molecule has 2 aliphatic heterocycles. The van der Waals surface area contributed by atoms with E-state index in [4.69, 9.17) is 4.52 Å². The molecule has 28 heavy (non-hydrogen) atoms. The summed E-state index contributed by atoms with van der Waals surface area (Å²) in [4.78, 5) is 8.66. The molecule has 0 radical (unpaired) electrons. The van der Waals surface area contributed by atoms with Gasteiger partial charge in [-0.15, -0.1) is 0 Å². The molecule has 2 fully saturated rings. The first-order valence-corrected chi connectivity index (χ1v) is 11.0. The van der Waals surface area contributed by atoms with Crippen LogP contribution in [0.2, 0.25) is 0 Å². The van der Waals surface area contributed by atoms with E-state index in [0.717, 1.165) is 36.2 Å². The van der Waals surface area contributed by atoms with Gasteiger partial charge in [0.1, 0.15) is 0 Å². The number of hydrogen-bond donors (Lipinski definition) is 1. The molecule has 0 amide bonds. The van der Waals surface area contributed by atoms with Gasteiger partial charge in [-0.05, 0) is 43.8 Å². The van der Waals surface area contributed by atoms with Gasteiger partial charge in [0, 0.05) is 43.2 Å². The standard InChI is InChI=1S/C23H32N4O/c1-4-16-6-9-26(10-7-16)12-17-13-27(14-17)19-11-20-21(18-5-8-24-23(18)19)22(15(2)3)25-28-20/h5,8,11,15-17,24H,4,6-7,9-10,12-14H2,1-3H3. The summed E-state index contributed by atoms with van der Waals surface area (Å²) in [7, 11) is 0. The number of aromatic amines is 1. The van der Waals surface area contributed by atoms with Crippen molar-refractivity contribution >= 4 is 27.6 Å². The lowest BCUT2D eigenvalue weighted by Crippen LogP contribution is -2.52. The SMILES string of the molecule is CCC1CCN(CC2CN(c3cc4onc(C(C)C)c4c4cc[nH]c34)C2)CC1. The van der Waals surface area contributed by atoms with Crippen molar-refractivity contribution < 1.29 is 4.52 Å². The highest BCUT2D eigenvalue weighted by atomic mass is 16.5. The monoisotopic (exact) mass is 380 g/mol. The quantitative estimate of drug-likeness (QED) is 0.677. The molecule has 150 valence electrons. The molecule has 0 unspecified atom stereocenters. The van der Waals surface area contributed by atoms with Crippen LogP contribution in [-0.2, 0) is 0 Å². The third-order valence-electron chi connectivity index (χ3n) is 6.93. The molecule has 5 rings (SSSR count). The Morgan fingerprint density at radius 3 is 2.71 bits per heavy atom. The van der Waals surface area contributed by atoms with E-state index in [9.17, 15) is 0 Å². The molecule has 5 heteroatoms. The normalized spacial score (nSPS) is 19.9.